The third kappa shape index (κ3) is 4.04. The van der Waals surface area contributed by atoms with Crippen molar-refractivity contribution in [2.24, 2.45) is 0 Å². The van der Waals surface area contributed by atoms with E-state index in [9.17, 15) is 19.2 Å². The lowest BCUT2D eigenvalue weighted by Crippen LogP contribution is -2.54. The number of aromatic nitrogens is 1. The molecule has 8 nitrogen and oxygen atoms in total. The molecule has 1 aliphatic heterocycles. The first-order chi connectivity index (χ1) is 15.1. The van der Waals surface area contributed by atoms with Crippen molar-refractivity contribution in [3.63, 3.8) is 0 Å². The van der Waals surface area contributed by atoms with Gasteiger partial charge in [0, 0.05) is 23.5 Å². The zero-order valence-electron chi connectivity index (χ0n) is 16.3. The molecule has 154 valence electrons. The third-order valence-electron chi connectivity index (χ3n) is 4.85. The minimum atomic E-state index is -1.17. The van der Waals surface area contributed by atoms with Gasteiger partial charge in [0.15, 0.2) is 0 Å². The van der Waals surface area contributed by atoms with E-state index in [1.807, 2.05) is 0 Å². The van der Waals surface area contributed by atoms with Gasteiger partial charge in [-0.1, -0.05) is 36.4 Å². The molecule has 0 bridgehead atoms. The normalized spacial score (nSPS) is 15.6. The van der Waals surface area contributed by atoms with Gasteiger partial charge in [0.1, 0.15) is 6.04 Å². The monoisotopic (exact) mass is 414 g/mol. The van der Waals surface area contributed by atoms with Crippen LogP contribution in [0.25, 0.3) is 0 Å². The molecule has 31 heavy (non-hydrogen) atoms. The maximum atomic E-state index is 13.2. The lowest BCUT2D eigenvalue weighted by molar-refractivity contribution is -0.122. The first-order valence-electron chi connectivity index (χ1n) is 9.57. The summed E-state index contributed by atoms with van der Waals surface area (Å²) >= 11 is 0. The fourth-order valence-corrected chi connectivity index (χ4v) is 3.33. The summed E-state index contributed by atoms with van der Waals surface area (Å²) in [5.41, 5.74) is 3.46. The fourth-order valence-electron chi connectivity index (χ4n) is 3.33. The van der Waals surface area contributed by atoms with Gasteiger partial charge in [0.25, 0.3) is 17.7 Å². The smallest absolute Gasteiger partial charge is 0.273 e. The van der Waals surface area contributed by atoms with Crippen molar-refractivity contribution in [2.75, 3.05) is 4.90 Å². The summed E-state index contributed by atoms with van der Waals surface area (Å²) in [6.45, 7) is 0. The van der Waals surface area contributed by atoms with Gasteiger partial charge in [-0.15, -0.1) is 0 Å². The second-order valence-electron chi connectivity index (χ2n) is 6.84. The van der Waals surface area contributed by atoms with Crippen molar-refractivity contribution in [2.45, 2.75) is 12.5 Å². The van der Waals surface area contributed by atoms with Crippen LogP contribution in [0.5, 0.6) is 0 Å². The molecule has 0 aliphatic carbocycles. The number of amides is 4. The van der Waals surface area contributed by atoms with E-state index in [1.54, 1.807) is 60.7 Å². The Morgan fingerprint density at radius 3 is 2.13 bits per heavy atom. The number of nitrogens with zero attached hydrogens (tertiary/aromatic N) is 3. The van der Waals surface area contributed by atoms with E-state index in [2.05, 4.69) is 10.4 Å². The number of hydrogen-bond acceptors (Lipinski definition) is 5. The van der Waals surface area contributed by atoms with Gasteiger partial charge in [-0.25, -0.2) is 9.91 Å². The molecule has 4 rings (SSSR count). The summed E-state index contributed by atoms with van der Waals surface area (Å²) in [6, 6.07) is 18.5. The van der Waals surface area contributed by atoms with Crippen LogP contribution in [0.4, 0.5) is 5.69 Å². The van der Waals surface area contributed by atoms with E-state index in [-0.39, 0.29) is 17.5 Å². The molecule has 4 amide bonds. The third-order valence-corrected chi connectivity index (χ3v) is 4.85. The number of hydrogen-bond donors (Lipinski definition) is 1. The zero-order chi connectivity index (χ0) is 21.8. The first kappa shape index (κ1) is 20.0. The van der Waals surface area contributed by atoms with Crippen molar-refractivity contribution in [3.8, 4) is 0 Å². The Morgan fingerprint density at radius 2 is 1.48 bits per heavy atom. The molecule has 1 aromatic heterocycles. The van der Waals surface area contributed by atoms with Crippen LogP contribution in [0.2, 0.25) is 0 Å². The molecule has 8 heteroatoms. The van der Waals surface area contributed by atoms with E-state index in [4.69, 9.17) is 0 Å². The highest BCUT2D eigenvalue weighted by Crippen LogP contribution is 2.26. The Bertz CT molecular complexity index is 1120. The number of benzene rings is 2. The number of rotatable bonds is 4. The topological polar surface area (TPSA) is 99.7 Å². The van der Waals surface area contributed by atoms with Crippen molar-refractivity contribution >= 4 is 29.3 Å². The van der Waals surface area contributed by atoms with E-state index in [0.717, 1.165) is 9.91 Å². The molecule has 1 saturated heterocycles. The fraction of sp³-hybridized carbons (Fsp3) is 0.0870. The number of carbonyl (C=O) groups excluding carboxylic acids is 4. The molecule has 1 fully saturated rings. The Hall–Kier alpha value is -4.33. The molecule has 1 aliphatic rings. The molecule has 1 atom stereocenters. The van der Waals surface area contributed by atoms with Crippen molar-refractivity contribution < 1.29 is 19.2 Å². The number of para-hydroxylation sites is 1. The molecule has 0 spiro atoms. The van der Waals surface area contributed by atoms with Gasteiger partial charge in [-0.2, -0.15) is 0 Å². The van der Waals surface area contributed by atoms with Crippen molar-refractivity contribution in [1.82, 2.24) is 15.4 Å². The summed E-state index contributed by atoms with van der Waals surface area (Å²) in [7, 11) is 0. The molecule has 0 radical (unpaired) electrons. The zero-order valence-corrected chi connectivity index (χ0v) is 16.3. The van der Waals surface area contributed by atoms with Gasteiger partial charge in [0.05, 0.1) is 12.1 Å². The van der Waals surface area contributed by atoms with Crippen LogP contribution in [0.15, 0.2) is 85.2 Å². The van der Waals surface area contributed by atoms with Gasteiger partial charge in [-0.05, 0) is 36.4 Å². The van der Waals surface area contributed by atoms with Crippen LogP contribution >= 0.6 is 0 Å². The molecule has 2 heterocycles. The summed E-state index contributed by atoms with van der Waals surface area (Å²) in [5.74, 6) is -2.23. The molecule has 2 aromatic carbocycles. The van der Waals surface area contributed by atoms with E-state index >= 15 is 0 Å². The maximum Gasteiger partial charge on any atom is 0.273 e. The van der Waals surface area contributed by atoms with Crippen LogP contribution in [0.3, 0.4) is 0 Å². The minimum Gasteiger partial charge on any atom is -0.274 e. The number of nitrogens with one attached hydrogen (secondary N) is 1. The summed E-state index contributed by atoms with van der Waals surface area (Å²) in [4.78, 5) is 56.7. The predicted molar refractivity (Wildman–Crippen MR) is 112 cm³/mol. The second kappa shape index (κ2) is 8.58. The molecule has 0 unspecified atom stereocenters. The molecular weight excluding hydrogens is 396 g/mol. The average Bonchev–Trinajstić information content (AvgIpc) is 3.12. The minimum absolute atomic E-state index is 0.247. The van der Waals surface area contributed by atoms with Crippen molar-refractivity contribution in [3.05, 3.63) is 96.3 Å². The molecular formula is C23H18N4O4. The Kier molecular flexibility index (Phi) is 5.53. The van der Waals surface area contributed by atoms with Crippen molar-refractivity contribution in [1.29, 1.82) is 0 Å². The highest BCUT2D eigenvalue weighted by molar-refractivity contribution is 6.23. The highest BCUT2D eigenvalue weighted by Gasteiger charge is 2.45. The number of hydrazine groups is 1. The van der Waals surface area contributed by atoms with E-state index in [1.165, 1.54) is 24.5 Å². The lowest BCUT2D eigenvalue weighted by Gasteiger charge is -2.28. The van der Waals surface area contributed by atoms with Gasteiger partial charge in [0.2, 0.25) is 5.91 Å². The number of carbonyl (C=O) groups is 4. The van der Waals surface area contributed by atoms with E-state index in [0.29, 0.717) is 5.69 Å². The highest BCUT2D eigenvalue weighted by atomic mass is 16.2. The van der Waals surface area contributed by atoms with Gasteiger partial charge < -0.3 is 0 Å². The number of imide groups is 1. The molecule has 3 aromatic rings. The predicted octanol–water partition coefficient (Wildman–Crippen LogP) is 2.20. The van der Waals surface area contributed by atoms with Crippen LogP contribution in [0, 0.1) is 0 Å². The first-order valence-corrected chi connectivity index (χ1v) is 9.57. The van der Waals surface area contributed by atoms with Gasteiger partial charge >= 0.3 is 0 Å². The van der Waals surface area contributed by atoms with Crippen LogP contribution < -0.4 is 10.3 Å². The SMILES string of the molecule is O=C(NN(C(=O)c1ccccc1)[C@@H]1CC(=O)N(c2ccccc2)C1=O)c1ccncc1. The standard InChI is InChI=1S/C23H18N4O4/c28-20-15-19(23(31)26(20)18-9-5-2-6-10-18)27(22(30)17-7-3-1-4-8-17)25-21(29)16-11-13-24-14-12-16/h1-14,19H,15H2,(H,25,29)/t19-/m1/s1. The van der Waals surface area contributed by atoms with E-state index < -0.39 is 29.7 Å². The summed E-state index contributed by atoms with van der Waals surface area (Å²) in [6.07, 6.45) is 2.64. The molecule has 1 N–H and O–H groups in total. The molecule has 0 saturated carbocycles. The lowest BCUT2D eigenvalue weighted by atomic mass is 10.1. The van der Waals surface area contributed by atoms with Crippen LogP contribution in [-0.2, 0) is 9.59 Å². The second-order valence-corrected chi connectivity index (χ2v) is 6.84. The quantitative estimate of drug-likeness (QED) is 0.521. The summed E-state index contributed by atoms with van der Waals surface area (Å²) in [5, 5.41) is 0.946. The van der Waals surface area contributed by atoms with Crippen LogP contribution in [0.1, 0.15) is 27.1 Å². The number of pyridine rings is 1. The largest absolute Gasteiger partial charge is 0.274 e. The maximum absolute atomic E-state index is 13.2. The van der Waals surface area contributed by atoms with Gasteiger partial charge in [-0.3, -0.25) is 29.6 Å². The average molecular weight is 414 g/mol. The summed E-state index contributed by atoms with van der Waals surface area (Å²) < 4.78 is 0. The Morgan fingerprint density at radius 1 is 0.871 bits per heavy atom. The number of anilines is 1. The Balaban J connectivity index is 1.67. The Labute approximate surface area is 178 Å². The van der Waals surface area contributed by atoms with Crippen LogP contribution in [-0.4, -0.2) is 39.7 Å².